The van der Waals surface area contributed by atoms with Gasteiger partial charge >= 0.3 is 0 Å². The van der Waals surface area contributed by atoms with Gasteiger partial charge in [0.25, 0.3) is 11.8 Å². The van der Waals surface area contributed by atoms with E-state index < -0.39 is 21.7 Å². The van der Waals surface area contributed by atoms with Crippen LogP contribution in [0.25, 0.3) is 11.0 Å². The first-order chi connectivity index (χ1) is 13.4. The number of sulfone groups is 1. The summed E-state index contributed by atoms with van der Waals surface area (Å²) in [6.45, 7) is 1.97. The largest absolute Gasteiger partial charge is 0.327 e. The summed E-state index contributed by atoms with van der Waals surface area (Å²) in [5.74, 6) is -0.474. The van der Waals surface area contributed by atoms with Gasteiger partial charge in [-0.25, -0.2) is 13.4 Å². The fourth-order valence-electron chi connectivity index (χ4n) is 3.48. The first kappa shape index (κ1) is 18.4. The van der Waals surface area contributed by atoms with Crippen molar-refractivity contribution in [2.75, 3.05) is 18.1 Å². The topological polar surface area (TPSA) is 89.3 Å². The van der Waals surface area contributed by atoms with Crippen molar-refractivity contribution in [3.05, 3.63) is 65.5 Å². The standard InChI is InChI=1S/C20H19N3O4S/c1-14-21-17-8-4-5-9-18(17)22(14)10-12-28(26,27)13-11-23-19(24)15-6-2-3-7-16(15)20(23)25/h2-9H,10-13H2,1H3. The molecule has 2 aromatic carbocycles. The van der Waals surface area contributed by atoms with E-state index in [4.69, 9.17) is 0 Å². The molecule has 0 bridgehead atoms. The number of aromatic nitrogens is 2. The summed E-state index contributed by atoms with van der Waals surface area (Å²) in [4.78, 5) is 30.2. The number of fused-ring (bicyclic) bond motifs is 2. The molecule has 1 aliphatic rings. The predicted octanol–water partition coefficient (Wildman–Crippen LogP) is 2.06. The Morgan fingerprint density at radius 2 is 1.43 bits per heavy atom. The van der Waals surface area contributed by atoms with Gasteiger partial charge in [-0.1, -0.05) is 24.3 Å². The molecule has 0 aliphatic carbocycles. The maximum absolute atomic E-state index is 12.5. The fraction of sp³-hybridized carbons (Fsp3) is 0.250. The number of amides is 2. The van der Waals surface area contributed by atoms with Gasteiger partial charge in [-0.2, -0.15) is 0 Å². The molecule has 1 aliphatic heterocycles. The number of carbonyl (C=O) groups is 2. The second kappa shape index (κ2) is 6.87. The average Bonchev–Trinajstić information content (AvgIpc) is 3.13. The summed E-state index contributed by atoms with van der Waals surface area (Å²) in [6.07, 6.45) is 0. The number of nitrogens with zero attached hydrogens (tertiary/aromatic N) is 3. The Kier molecular flexibility index (Phi) is 4.50. The molecule has 2 heterocycles. The van der Waals surface area contributed by atoms with Crippen molar-refractivity contribution in [2.45, 2.75) is 13.5 Å². The van der Waals surface area contributed by atoms with E-state index in [-0.39, 0.29) is 24.6 Å². The van der Waals surface area contributed by atoms with Crippen LogP contribution in [-0.4, -0.2) is 52.7 Å². The number of benzene rings is 2. The SMILES string of the molecule is Cc1nc2ccccc2n1CCS(=O)(=O)CCN1C(=O)c2ccccc2C1=O. The highest BCUT2D eigenvalue weighted by Crippen LogP contribution is 2.22. The smallest absolute Gasteiger partial charge is 0.261 e. The zero-order chi connectivity index (χ0) is 19.9. The molecule has 0 atom stereocenters. The van der Waals surface area contributed by atoms with Crippen molar-refractivity contribution in [2.24, 2.45) is 0 Å². The van der Waals surface area contributed by atoms with E-state index in [0.29, 0.717) is 11.1 Å². The second-order valence-electron chi connectivity index (χ2n) is 6.76. The summed E-state index contributed by atoms with van der Waals surface area (Å²) in [5.41, 5.74) is 2.36. The van der Waals surface area contributed by atoms with Crippen LogP contribution in [-0.2, 0) is 16.4 Å². The summed E-state index contributed by atoms with van der Waals surface area (Å²) in [6, 6.07) is 14.1. The van der Waals surface area contributed by atoms with E-state index in [1.165, 1.54) is 0 Å². The van der Waals surface area contributed by atoms with Gasteiger partial charge in [-0.15, -0.1) is 0 Å². The Morgan fingerprint density at radius 1 is 0.857 bits per heavy atom. The molecular weight excluding hydrogens is 378 g/mol. The Labute approximate surface area is 162 Å². The molecule has 3 aromatic rings. The van der Waals surface area contributed by atoms with Crippen LogP contribution < -0.4 is 0 Å². The summed E-state index contributed by atoms with van der Waals surface area (Å²) in [5, 5.41) is 0. The molecule has 0 N–H and O–H groups in total. The number of carbonyl (C=O) groups excluding carboxylic acids is 2. The van der Waals surface area contributed by atoms with E-state index in [2.05, 4.69) is 4.98 Å². The van der Waals surface area contributed by atoms with Crippen LogP contribution >= 0.6 is 0 Å². The Bertz CT molecular complexity index is 1160. The van der Waals surface area contributed by atoms with Crippen LogP contribution in [0.2, 0.25) is 0 Å². The fourth-order valence-corrected chi connectivity index (χ4v) is 4.61. The molecule has 0 saturated heterocycles. The third-order valence-corrected chi connectivity index (χ3v) is 6.58. The quantitative estimate of drug-likeness (QED) is 0.594. The van der Waals surface area contributed by atoms with Crippen LogP contribution in [0.15, 0.2) is 48.5 Å². The zero-order valence-corrected chi connectivity index (χ0v) is 16.1. The number of imide groups is 1. The number of para-hydroxylation sites is 2. The molecular formula is C20H19N3O4S. The molecule has 0 spiro atoms. The minimum absolute atomic E-state index is 0.0859. The van der Waals surface area contributed by atoms with Gasteiger partial charge < -0.3 is 4.57 Å². The lowest BCUT2D eigenvalue weighted by Gasteiger charge is -2.14. The summed E-state index contributed by atoms with van der Waals surface area (Å²) in [7, 11) is -3.46. The van der Waals surface area contributed by atoms with Crippen molar-refractivity contribution in [1.29, 1.82) is 0 Å². The third kappa shape index (κ3) is 3.20. The van der Waals surface area contributed by atoms with Crippen molar-refractivity contribution in [3.8, 4) is 0 Å². The number of aryl methyl sites for hydroxylation is 2. The molecule has 2 amide bonds. The van der Waals surface area contributed by atoms with Crippen molar-refractivity contribution < 1.29 is 18.0 Å². The molecule has 7 nitrogen and oxygen atoms in total. The first-order valence-corrected chi connectivity index (χ1v) is 10.8. The van der Waals surface area contributed by atoms with Gasteiger partial charge in [0.2, 0.25) is 0 Å². The zero-order valence-electron chi connectivity index (χ0n) is 15.3. The van der Waals surface area contributed by atoms with Gasteiger partial charge in [0.15, 0.2) is 9.84 Å². The summed E-state index contributed by atoms with van der Waals surface area (Å²) < 4.78 is 26.9. The molecule has 0 saturated carbocycles. The molecule has 4 rings (SSSR count). The van der Waals surface area contributed by atoms with E-state index in [1.54, 1.807) is 24.3 Å². The third-order valence-electron chi connectivity index (χ3n) is 4.98. The highest BCUT2D eigenvalue weighted by molar-refractivity contribution is 7.91. The lowest BCUT2D eigenvalue weighted by molar-refractivity contribution is 0.0664. The Balaban J connectivity index is 1.43. The Hall–Kier alpha value is -3.00. The normalized spacial score (nSPS) is 14.1. The van der Waals surface area contributed by atoms with E-state index in [1.807, 2.05) is 35.8 Å². The van der Waals surface area contributed by atoms with Crippen LogP contribution in [0, 0.1) is 6.92 Å². The summed E-state index contributed by atoms with van der Waals surface area (Å²) >= 11 is 0. The number of hydrogen-bond donors (Lipinski definition) is 0. The van der Waals surface area contributed by atoms with E-state index >= 15 is 0 Å². The minimum Gasteiger partial charge on any atom is -0.327 e. The van der Waals surface area contributed by atoms with Crippen LogP contribution in [0.4, 0.5) is 0 Å². The number of rotatable bonds is 6. The van der Waals surface area contributed by atoms with Crippen LogP contribution in [0.3, 0.4) is 0 Å². The lowest BCUT2D eigenvalue weighted by Crippen LogP contribution is -2.35. The molecule has 28 heavy (non-hydrogen) atoms. The minimum atomic E-state index is -3.46. The number of imidazole rings is 1. The van der Waals surface area contributed by atoms with Crippen molar-refractivity contribution >= 4 is 32.7 Å². The maximum atomic E-state index is 12.5. The molecule has 1 aromatic heterocycles. The molecule has 144 valence electrons. The van der Waals surface area contributed by atoms with E-state index in [0.717, 1.165) is 21.8 Å². The Morgan fingerprint density at radius 3 is 2.11 bits per heavy atom. The van der Waals surface area contributed by atoms with Gasteiger partial charge in [-0.3, -0.25) is 14.5 Å². The average molecular weight is 397 g/mol. The van der Waals surface area contributed by atoms with Gasteiger partial charge in [0, 0.05) is 13.1 Å². The second-order valence-corrected chi connectivity index (χ2v) is 9.06. The molecule has 8 heteroatoms. The predicted molar refractivity (Wildman–Crippen MR) is 105 cm³/mol. The highest BCUT2D eigenvalue weighted by atomic mass is 32.2. The lowest BCUT2D eigenvalue weighted by atomic mass is 10.1. The number of hydrogen-bond acceptors (Lipinski definition) is 5. The van der Waals surface area contributed by atoms with Gasteiger partial charge in [-0.05, 0) is 31.2 Å². The molecule has 0 radical (unpaired) electrons. The van der Waals surface area contributed by atoms with Crippen molar-refractivity contribution in [3.63, 3.8) is 0 Å². The monoisotopic (exact) mass is 397 g/mol. The van der Waals surface area contributed by atoms with Crippen molar-refractivity contribution in [1.82, 2.24) is 14.5 Å². The van der Waals surface area contributed by atoms with E-state index in [9.17, 15) is 18.0 Å². The van der Waals surface area contributed by atoms with Crippen LogP contribution in [0.5, 0.6) is 0 Å². The van der Waals surface area contributed by atoms with Gasteiger partial charge in [0.05, 0.1) is 33.7 Å². The molecule has 0 unspecified atom stereocenters. The molecule has 0 fully saturated rings. The maximum Gasteiger partial charge on any atom is 0.261 e. The van der Waals surface area contributed by atoms with Gasteiger partial charge in [0.1, 0.15) is 5.82 Å². The van der Waals surface area contributed by atoms with Crippen LogP contribution in [0.1, 0.15) is 26.5 Å². The highest BCUT2D eigenvalue weighted by Gasteiger charge is 2.35. The first-order valence-electron chi connectivity index (χ1n) is 8.95.